The van der Waals surface area contributed by atoms with Crippen molar-refractivity contribution in [3.05, 3.63) is 52.5 Å². The highest BCUT2D eigenvalue weighted by Crippen LogP contribution is 2.39. The molecule has 1 amide bonds. The zero-order chi connectivity index (χ0) is 21.0. The van der Waals surface area contributed by atoms with Gasteiger partial charge in [0.05, 0.1) is 20.3 Å². The van der Waals surface area contributed by atoms with Gasteiger partial charge in [-0.25, -0.2) is 4.79 Å². The molecule has 8 heteroatoms. The van der Waals surface area contributed by atoms with Crippen LogP contribution in [0.15, 0.2) is 36.4 Å². The number of amides is 1. The van der Waals surface area contributed by atoms with Crippen LogP contribution in [0, 0.1) is 0 Å². The number of esters is 1. The first-order chi connectivity index (χ1) is 13.9. The Morgan fingerprint density at radius 2 is 1.97 bits per heavy atom. The molecule has 0 aromatic heterocycles. The van der Waals surface area contributed by atoms with Crippen molar-refractivity contribution in [1.82, 2.24) is 4.90 Å². The van der Waals surface area contributed by atoms with Gasteiger partial charge in [-0.2, -0.15) is 0 Å². The fourth-order valence-electron chi connectivity index (χ4n) is 3.45. The van der Waals surface area contributed by atoms with E-state index < -0.39 is 12.6 Å². The lowest BCUT2D eigenvalue weighted by Crippen LogP contribution is -2.34. The number of hydrogen-bond donors (Lipinski definition) is 1. The van der Waals surface area contributed by atoms with Crippen LogP contribution in [0.2, 0.25) is 5.02 Å². The van der Waals surface area contributed by atoms with E-state index in [2.05, 4.69) is 0 Å². The van der Waals surface area contributed by atoms with Crippen molar-refractivity contribution in [2.75, 3.05) is 27.4 Å². The van der Waals surface area contributed by atoms with Crippen molar-refractivity contribution in [2.24, 2.45) is 0 Å². The maximum atomic E-state index is 12.8. The minimum atomic E-state index is -0.812. The van der Waals surface area contributed by atoms with Crippen molar-refractivity contribution in [3.8, 4) is 17.2 Å². The number of benzene rings is 2. The summed E-state index contributed by atoms with van der Waals surface area (Å²) >= 11 is 5.85. The van der Waals surface area contributed by atoms with Crippen molar-refractivity contribution in [3.63, 3.8) is 0 Å². The molecule has 1 atom stereocenters. The molecule has 2 aromatic carbocycles. The Labute approximate surface area is 173 Å². The lowest BCUT2D eigenvalue weighted by atomic mass is 10.0. The van der Waals surface area contributed by atoms with Gasteiger partial charge in [0.1, 0.15) is 22.8 Å². The fraction of sp³-hybridized carbons (Fsp3) is 0.333. The number of phenols is 1. The molecule has 0 radical (unpaired) electrons. The molecule has 3 rings (SSSR count). The Balaban J connectivity index is 1.72. The van der Waals surface area contributed by atoms with E-state index in [-0.39, 0.29) is 28.3 Å². The number of carbonyl (C=O) groups excluding carboxylic acids is 2. The zero-order valence-electron chi connectivity index (χ0n) is 16.2. The Morgan fingerprint density at radius 1 is 1.17 bits per heavy atom. The molecule has 1 N–H and O–H groups in total. The van der Waals surface area contributed by atoms with Gasteiger partial charge < -0.3 is 24.2 Å². The van der Waals surface area contributed by atoms with E-state index in [0.29, 0.717) is 18.0 Å². The Morgan fingerprint density at radius 3 is 2.69 bits per heavy atom. The number of rotatable bonds is 6. The second-order valence-corrected chi connectivity index (χ2v) is 7.03. The number of hydrogen-bond acceptors (Lipinski definition) is 6. The van der Waals surface area contributed by atoms with Crippen LogP contribution in [-0.4, -0.2) is 49.3 Å². The second-order valence-electron chi connectivity index (χ2n) is 6.59. The van der Waals surface area contributed by atoms with E-state index in [1.807, 2.05) is 6.07 Å². The zero-order valence-corrected chi connectivity index (χ0v) is 16.9. The first-order valence-corrected chi connectivity index (χ1v) is 9.49. The van der Waals surface area contributed by atoms with Crippen molar-refractivity contribution in [2.45, 2.75) is 18.9 Å². The molecule has 0 bridgehead atoms. The highest BCUT2D eigenvalue weighted by atomic mass is 35.5. The molecule has 1 saturated heterocycles. The van der Waals surface area contributed by atoms with E-state index in [1.165, 1.54) is 18.2 Å². The van der Waals surface area contributed by atoms with Crippen molar-refractivity contribution >= 4 is 23.5 Å². The van der Waals surface area contributed by atoms with Gasteiger partial charge in [0.15, 0.2) is 6.61 Å². The number of carbonyl (C=O) groups is 2. The minimum Gasteiger partial charge on any atom is -0.507 e. The Hall–Kier alpha value is -2.93. The highest BCUT2D eigenvalue weighted by molar-refractivity contribution is 6.31. The SMILES string of the molecule is COc1ccc(OC)c([C@H]2CCCN2C(=O)COC(=O)c2cc(Cl)ccc2O)c1. The molecule has 1 heterocycles. The fourth-order valence-corrected chi connectivity index (χ4v) is 3.62. The summed E-state index contributed by atoms with van der Waals surface area (Å²) in [4.78, 5) is 26.7. The number of halogens is 1. The van der Waals surface area contributed by atoms with Crippen LogP contribution in [0.1, 0.15) is 34.8 Å². The van der Waals surface area contributed by atoms with Gasteiger partial charge in [-0.1, -0.05) is 11.6 Å². The van der Waals surface area contributed by atoms with E-state index in [9.17, 15) is 14.7 Å². The molecule has 1 aliphatic rings. The molecule has 29 heavy (non-hydrogen) atoms. The summed E-state index contributed by atoms with van der Waals surface area (Å²) in [6.07, 6.45) is 1.58. The highest BCUT2D eigenvalue weighted by Gasteiger charge is 2.32. The maximum absolute atomic E-state index is 12.8. The van der Waals surface area contributed by atoms with E-state index in [1.54, 1.807) is 31.3 Å². The molecule has 0 saturated carbocycles. The van der Waals surface area contributed by atoms with E-state index >= 15 is 0 Å². The number of ether oxygens (including phenoxy) is 3. The third kappa shape index (κ3) is 4.56. The quantitative estimate of drug-likeness (QED) is 0.720. The number of phenolic OH excluding ortho intramolecular Hbond substituents is 1. The molecule has 7 nitrogen and oxygen atoms in total. The summed E-state index contributed by atoms with van der Waals surface area (Å²) in [7, 11) is 3.15. The molecule has 1 fully saturated rings. The summed E-state index contributed by atoms with van der Waals surface area (Å²) in [5.41, 5.74) is 0.759. The lowest BCUT2D eigenvalue weighted by Gasteiger charge is -2.26. The predicted octanol–water partition coefficient (Wildman–Crippen LogP) is 3.58. The molecule has 2 aromatic rings. The molecular weight excluding hydrogens is 398 g/mol. The molecule has 1 aliphatic heterocycles. The molecule has 154 valence electrons. The van der Waals surface area contributed by atoms with Crippen LogP contribution in [0.25, 0.3) is 0 Å². The first-order valence-electron chi connectivity index (χ1n) is 9.11. The number of methoxy groups -OCH3 is 2. The molecule has 0 unspecified atom stereocenters. The van der Waals surface area contributed by atoms with E-state index in [4.69, 9.17) is 25.8 Å². The van der Waals surface area contributed by atoms with Gasteiger partial charge >= 0.3 is 5.97 Å². The Bertz CT molecular complexity index is 916. The number of nitrogens with zero attached hydrogens (tertiary/aromatic N) is 1. The summed E-state index contributed by atoms with van der Waals surface area (Å²) < 4.78 is 15.9. The molecule has 0 spiro atoms. The first kappa shape index (κ1) is 20.8. The third-order valence-electron chi connectivity index (χ3n) is 4.87. The number of aromatic hydroxyl groups is 1. The molecular formula is C21H22ClNO6. The average Bonchev–Trinajstić information content (AvgIpc) is 3.22. The largest absolute Gasteiger partial charge is 0.507 e. The minimum absolute atomic E-state index is 0.0854. The van der Waals surface area contributed by atoms with Crippen LogP contribution < -0.4 is 9.47 Å². The van der Waals surface area contributed by atoms with Gasteiger partial charge in [-0.05, 0) is 49.2 Å². The van der Waals surface area contributed by atoms with Gasteiger partial charge in [-0.15, -0.1) is 0 Å². The summed E-state index contributed by atoms with van der Waals surface area (Å²) in [6, 6.07) is 9.29. The second kappa shape index (κ2) is 9.05. The van der Waals surface area contributed by atoms with Crippen LogP contribution >= 0.6 is 11.6 Å². The summed E-state index contributed by atoms with van der Waals surface area (Å²) in [6.45, 7) is 0.109. The third-order valence-corrected chi connectivity index (χ3v) is 5.11. The van der Waals surface area contributed by atoms with Crippen LogP contribution in [0.4, 0.5) is 0 Å². The maximum Gasteiger partial charge on any atom is 0.342 e. The van der Waals surface area contributed by atoms with Gasteiger partial charge in [0.2, 0.25) is 0 Å². The smallest absolute Gasteiger partial charge is 0.342 e. The van der Waals surface area contributed by atoms with Gasteiger partial charge in [0.25, 0.3) is 5.91 Å². The van der Waals surface area contributed by atoms with Crippen molar-refractivity contribution in [1.29, 1.82) is 0 Å². The average molecular weight is 420 g/mol. The van der Waals surface area contributed by atoms with Crippen LogP contribution in [-0.2, 0) is 9.53 Å². The van der Waals surface area contributed by atoms with Gasteiger partial charge in [-0.3, -0.25) is 4.79 Å². The Kier molecular flexibility index (Phi) is 6.49. The van der Waals surface area contributed by atoms with E-state index in [0.717, 1.165) is 18.4 Å². The summed E-state index contributed by atoms with van der Waals surface area (Å²) in [5, 5.41) is 10.1. The topological polar surface area (TPSA) is 85.3 Å². The number of likely N-dealkylation sites (tertiary alicyclic amines) is 1. The van der Waals surface area contributed by atoms with Gasteiger partial charge in [0, 0.05) is 17.1 Å². The van der Waals surface area contributed by atoms with Crippen LogP contribution in [0.3, 0.4) is 0 Å². The predicted molar refractivity (Wildman–Crippen MR) is 107 cm³/mol. The van der Waals surface area contributed by atoms with Crippen LogP contribution in [0.5, 0.6) is 17.2 Å². The monoisotopic (exact) mass is 419 g/mol. The molecule has 0 aliphatic carbocycles. The summed E-state index contributed by atoms with van der Waals surface area (Å²) in [5.74, 6) is -0.0633. The standard InChI is InChI=1S/C21H22ClNO6/c1-27-14-6-8-19(28-2)15(11-14)17-4-3-9-23(17)20(25)12-29-21(26)16-10-13(22)5-7-18(16)24/h5-8,10-11,17,24H,3-4,9,12H2,1-2H3/t17-/m1/s1. The normalized spacial score (nSPS) is 15.8. The lowest BCUT2D eigenvalue weighted by molar-refractivity contribution is -0.135. The van der Waals surface area contributed by atoms with Crippen molar-refractivity contribution < 1.29 is 28.9 Å².